The van der Waals surface area contributed by atoms with Gasteiger partial charge in [-0.1, -0.05) is 51.4 Å². The van der Waals surface area contributed by atoms with E-state index in [1.54, 1.807) is 0 Å². The highest BCUT2D eigenvalue weighted by Gasteiger charge is 2.47. The summed E-state index contributed by atoms with van der Waals surface area (Å²) in [7, 11) is -1.99. The zero-order chi connectivity index (χ0) is 11.4. The van der Waals surface area contributed by atoms with Crippen molar-refractivity contribution in [3.63, 3.8) is 0 Å². The van der Waals surface area contributed by atoms with Gasteiger partial charge in [0.05, 0.1) is 0 Å². The van der Waals surface area contributed by atoms with Gasteiger partial charge in [0.15, 0.2) is 8.32 Å². The Morgan fingerprint density at radius 1 is 0.938 bits per heavy atom. The molecule has 0 radical (unpaired) electrons. The minimum absolute atomic E-state index is 0.707. The average molecular weight is 261 g/mol. The molecule has 2 aliphatic carbocycles. The molecule has 2 fully saturated rings. The van der Waals surface area contributed by atoms with Crippen molar-refractivity contribution in [2.45, 2.75) is 74.9 Å². The molecule has 0 spiro atoms. The molecule has 0 saturated heterocycles. The zero-order valence-electron chi connectivity index (χ0n) is 10.3. The standard InChI is InChI=1S/C13H25ClOSi/c14-10-5-11-16(15,12-6-1-2-7-12)13-8-3-4-9-13/h12-13,15H,1-11H2. The topological polar surface area (TPSA) is 20.2 Å². The van der Waals surface area contributed by atoms with Gasteiger partial charge >= 0.3 is 0 Å². The molecular weight excluding hydrogens is 236 g/mol. The lowest BCUT2D eigenvalue weighted by molar-refractivity contribution is 0.464. The fourth-order valence-corrected chi connectivity index (χ4v) is 9.34. The molecule has 0 amide bonds. The van der Waals surface area contributed by atoms with Crippen molar-refractivity contribution in [3.8, 4) is 0 Å². The Balaban J connectivity index is 2.03. The molecule has 2 rings (SSSR count). The number of hydrogen-bond acceptors (Lipinski definition) is 1. The summed E-state index contributed by atoms with van der Waals surface area (Å²) >= 11 is 5.83. The van der Waals surface area contributed by atoms with E-state index in [1.165, 1.54) is 51.4 Å². The van der Waals surface area contributed by atoms with E-state index in [2.05, 4.69) is 0 Å². The second-order valence-electron chi connectivity index (χ2n) is 5.75. The van der Waals surface area contributed by atoms with Crippen LogP contribution >= 0.6 is 11.6 Å². The van der Waals surface area contributed by atoms with Crippen molar-refractivity contribution in [2.24, 2.45) is 0 Å². The van der Waals surface area contributed by atoms with Crippen LogP contribution in [0, 0.1) is 0 Å². The summed E-state index contributed by atoms with van der Waals surface area (Å²) in [6.07, 6.45) is 11.7. The third-order valence-corrected chi connectivity index (χ3v) is 10.2. The lowest BCUT2D eigenvalue weighted by atomic mass is 10.3. The molecule has 0 heterocycles. The van der Waals surface area contributed by atoms with Crippen LogP contribution in [-0.2, 0) is 0 Å². The molecule has 2 saturated carbocycles. The van der Waals surface area contributed by atoms with Gasteiger partial charge in [0.2, 0.25) is 0 Å². The van der Waals surface area contributed by atoms with E-state index >= 15 is 0 Å². The van der Waals surface area contributed by atoms with Crippen LogP contribution in [0.3, 0.4) is 0 Å². The van der Waals surface area contributed by atoms with Gasteiger partial charge in [-0.05, 0) is 23.5 Å². The van der Waals surface area contributed by atoms with Gasteiger partial charge in [0, 0.05) is 5.88 Å². The largest absolute Gasteiger partial charge is 0.431 e. The summed E-state index contributed by atoms with van der Waals surface area (Å²) in [5, 5.41) is 0. The smallest absolute Gasteiger partial charge is 0.194 e. The average Bonchev–Trinajstić information content (AvgIpc) is 2.96. The van der Waals surface area contributed by atoms with Crippen molar-refractivity contribution < 1.29 is 4.80 Å². The summed E-state index contributed by atoms with van der Waals surface area (Å²) in [4.78, 5) is 11.2. The first-order valence-corrected chi connectivity index (χ1v) is 9.90. The van der Waals surface area contributed by atoms with E-state index in [1.807, 2.05) is 0 Å². The molecule has 3 heteroatoms. The predicted octanol–water partition coefficient (Wildman–Crippen LogP) is 4.44. The van der Waals surface area contributed by atoms with Crippen LogP contribution in [0.25, 0.3) is 0 Å². The molecular formula is C13H25ClOSi. The normalized spacial score (nSPS) is 24.4. The summed E-state index contributed by atoms with van der Waals surface area (Å²) < 4.78 is 0. The van der Waals surface area contributed by atoms with Gasteiger partial charge < -0.3 is 4.80 Å². The van der Waals surface area contributed by atoms with Crippen LogP contribution in [0.4, 0.5) is 0 Å². The van der Waals surface area contributed by atoms with E-state index in [0.29, 0.717) is 11.1 Å². The molecule has 0 aromatic rings. The Morgan fingerprint density at radius 3 is 1.75 bits per heavy atom. The molecule has 16 heavy (non-hydrogen) atoms. The van der Waals surface area contributed by atoms with Crippen molar-refractivity contribution in [3.05, 3.63) is 0 Å². The highest BCUT2D eigenvalue weighted by atomic mass is 35.5. The summed E-state index contributed by atoms with van der Waals surface area (Å²) in [6, 6.07) is 1.08. The van der Waals surface area contributed by atoms with Gasteiger partial charge in [0.1, 0.15) is 0 Å². The van der Waals surface area contributed by atoms with Gasteiger partial charge in [-0.3, -0.25) is 0 Å². The Morgan fingerprint density at radius 2 is 1.38 bits per heavy atom. The van der Waals surface area contributed by atoms with Crippen LogP contribution in [0.15, 0.2) is 0 Å². The number of alkyl halides is 1. The second-order valence-corrected chi connectivity index (χ2v) is 10.2. The van der Waals surface area contributed by atoms with Crippen LogP contribution in [0.5, 0.6) is 0 Å². The predicted molar refractivity (Wildman–Crippen MR) is 72.6 cm³/mol. The fraction of sp³-hybridized carbons (Fsp3) is 1.00. The maximum atomic E-state index is 11.2. The van der Waals surface area contributed by atoms with E-state index in [9.17, 15) is 4.80 Å². The second kappa shape index (κ2) is 5.88. The van der Waals surface area contributed by atoms with Gasteiger partial charge in [-0.2, -0.15) is 0 Å². The Labute approximate surface area is 106 Å². The first-order valence-electron chi connectivity index (χ1n) is 7.05. The summed E-state index contributed by atoms with van der Waals surface area (Å²) in [5.41, 5.74) is 1.41. The highest BCUT2D eigenvalue weighted by molar-refractivity contribution is 6.75. The SMILES string of the molecule is O[Si](CCCCl)(C1CCCC1)C1CCCC1. The third-order valence-electron chi connectivity index (χ3n) is 4.84. The quantitative estimate of drug-likeness (QED) is 0.572. The van der Waals surface area contributed by atoms with Gasteiger partial charge in [0.25, 0.3) is 0 Å². The molecule has 0 aliphatic heterocycles. The fourth-order valence-electron chi connectivity index (χ4n) is 3.94. The minimum atomic E-state index is -1.99. The van der Waals surface area contributed by atoms with Crippen LogP contribution < -0.4 is 0 Å². The van der Waals surface area contributed by atoms with E-state index in [0.717, 1.165) is 18.3 Å². The van der Waals surface area contributed by atoms with Gasteiger partial charge in [-0.15, -0.1) is 11.6 Å². The lowest BCUT2D eigenvalue weighted by Crippen LogP contribution is -2.43. The first kappa shape index (κ1) is 12.9. The monoisotopic (exact) mass is 260 g/mol. The maximum Gasteiger partial charge on any atom is 0.194 e. The summed E-state index contributed by atoms with van der Waals surface area (Å²) in [6.45, 7) is 0. The lowest BCUT2D eigenvalue weighted by Gasteiger charge is -2.36. The number of hydrogen-bond donors (Lipinski definition) is 1. The van der Waals surface area contributed by atoms with Crippen LogP contribution in [-0.4, -0.2) is 19.0 Å². The minimum Gasteiger partial charge on any atom is -0.431 e. The third kappa shape index (κ3) is 2.65. The molecule has 0 atom stereocenters. The molecule has 0 aromatic carbocycles. The maximum absolute atomic E-state index is 11.2. The Kier molecular flexibility index (Phi) is 4.74. The highest BCUT2D eigenvalue weighted by Crippen LogP contribution is 2.50. The van der Waals surface area contributed by atoms with E-state index < -0.39 is 8.32 Å². The molecule has 1 nitrogen and oxygen atoms in total. The van der Waals surface area contributed by atoms with Crippen LogP contribution in [0.2, 0.25) is 17.1 Å². The molecule has 94 valence electrons. The number of rotatable bonds is 5. The Hall–Kier alpha value is 0.467. The molecule has 0 aromatic heterocycles. The van der Waals surface area contributed by atoms with Crippen LogP contribution in [0.1, 0.15) is 57.8 Å². The molecule has 2 aliphatic rings. The Bertz CT molecular complexity index is 194. The van der Waals surface area contributed by atoms with E-state index in [4.69, 9.17) is 11.6 Å². The van der Waals surface area contributed by atoms with Crippen molar-refractivity contribution in [1.82, 2.24) is 0 Å². The zero-order valence-corrected chi connectivity index (χ0v) is 12.0. The first-order chi connectivity index (χ1) is 7.77. The molecule has 1 N–H and O–H groups in total. The van der Waals surface area contributed by atoms with Crippen molar-refractivity contribution in [1.29, 1.82) is 0 Å². The summed E-state index contributed by atoms with van der Waals surface area (Å²) in [5.74, 6) is 0.731. The van der Waals surface area contributed by atoms with E-state index in [-0.39, 0.29) is 0 Å². The van der Waals surface area contributed by atoms with Crippen molar-refractivity contribution >= 4 is 19.9 Å². The molecule has 0 bridgehead atoms. The molecule has 0 unspecified atom stereocenters. The van der Waals surface area contributed by atoms with Gasteiger partial charge in [-0.25, -0.2) is 0 Å². The van der Waals surface area contributed by atoms with Crippen molar-refractivity contribution in [2.75, 3.05) is 5.88 Å². The number of halogens is 1.